The van der Waals surface area contributed by atoms with Gasteiger partial charge in [0.25, 0.3) is 0 Å². The number of hydrogen-bond donors (Lipinski definition) is 0. The fourth-order valence-electron chi connectivity index (χ4n) is 1.58. The molecule has 0 saturated carbocycles. The van der Waals surface area contributed by atoms with E-state index < -0.39 is 14.7 Å². The molecule has 3 nitrogen and oxygen atoms in total. The maximum Gasteiger partial charge on any atom is 1.00 e. The molecule has 0 atom stereocenters. The van der Waals surface area contributed by atoms with Crippen LogP contribution in [-0.2, 0) is 9.09 Å². The summed E-state index contributed by atoms with van der Waals surface area (Å²) in [6.45, 7) is 5.62. The molecule has 0 aromatic heterocycles. The molecule has 0 saturated heterocycles. The van der Waals surface area contributed by atoms with Crippen molar-refractivity contribution < 1.29 is 34.2 Å². The minimum atomic E-state index is -0.610. The Labute approximate surface area is 104 Å². The van der Waals surface area contributed by atoms with Crippen LogP contribution in [0, 0.1) is 20.8 Å². The van der Waals surface area contributed by atoms with E-state index in [1.807, 2.05) is 32.9 Å². The fourth-order valence-corrected chi connectivity index (χ4v) is 1.74. The first-order valence-electron chi connectivity index (χ1n) is 4.18. The number of carbonyl (C=O) groups is 1. The molecule has 0 fully saturated rings. The van der Waals surface area contributed by atoms with Gasteiger partial charge in [-0.2, -0.15) is 0 Å². The summed E-state index contributed by atoms with van der Waals surface area (Å²) in [6.07, 6.45) is 0. The number of carbonyl (C=O) groups excluding carboxylic acids is 1. The van der Waals surface area contributed by atoms with Crippen molar-refractivity contribution >= 4 is 14.7 Å². The molecule has 15 heavy (non-hydrogen) atoms. The summed E-state index contributed by atoms with van der Waals surface area (Å²) >= 11 is 0. The van der Waals surface area contributed by atoms with Crippen molar-refractivity contribution in [1.29, 1.82) is 0 Å². The molecule has 0 bridgehead atoms. The molecule has 0 aliphatic heterocycles. The van der Waals surface area contributed by atoms with Crippen molar-refractivity contribution in [3.05, 3.63) is 34.4 Å². The van der Waals surface area contributed by atoms with E-state index >= 15 is 0 Å². The van der Waals surface area contributed by atoms with Crippen LogP contribution in [0.15, 0.2) is 12.1 Å². The van der Waals surface area contributed by atoms with Crippen molar-refractivity contribution in [2.24, 2.45) is 0 Å². The maximum absolute atomic E-state index is 11.4. The third-order valence-electron chi connectivity index (χ3n) is 2.00. The van der Waals surface area contributed by atoms with Gasteiger partial charge in [0.15, 0.2) is 0 Å². The van der Waals surface area contributed by atoms with Crippen LogP contribution in [0.4, 0.5) is 0 Å². The van der Waals surface area contributed by atoms with Crippen LogP contribution in [0.1, 0.15) is 28.5 Å². The number of aryl methyl sites for hydroxylation is 3. The molecule has 1 rings (SSSR count). The van der Waals surface area contributed by atoms with Crippen LogP contribution in [0.2, 0.25) is 0 Å². The van der Waals surface area contributed by atoms with E-state index in [1.165, 1.54) is 0 Å². The number of rotatable bonds is 2. The molecule has 0 amide bonds. The third-order valence-corrected chi connectivity index (χ3v) is 2.24. The Balaban J connectivity index is 0. The second-order valence-corrected chi connectivity index (χ2v) is 3.56. The molecular formula is C10H12LiO3P. The Morgan fingerprint density at radius 2 is 1.73 bits per heavy atom. The predicted molar refractivity (Wildman–Crippen MR) is 54.8 cm³/mol. The molecule has 0 aliphatic carbocycles. The summed E-state index contributed by atoms with van der Waals surface area (Å²) in [4.78, 5) is 11.4. The first-order valence-corrected chi connectivity index (χ1v) is 4.91. The van der Waals surface area contributed by atoms with Crippen LogP contribution in [0.5, 0.6) is 0 Å². The van der Waals surface area contributed by atoms with E-state index in [0.29, 0.717) is 5.56 Å². The Morgan fingerprint density at radius 3 is 2.13 bits per heavy atom. The largest absolute Gasteiger partial charge is 1.00 e. The normalized spacial score (nSPS) is 9.53. The summed E-state index contributed by atoms with van der Waals surface area (Å²) in [7, 11) is -0.610. The van der Waals surface area contributed by atoms with Crippen LogP contribution in [-0.4, -0.2) is 5.97 Å². The summed E-state index contributed by atoms with van der Waals surface area (Å²) in [5.74, 6) is -0.545. The van der Waals surface area contributed by atoms with E-state index in [4.69, 9.17) is 0 Å². The average Bonchev–Trinajstić information content (AvgIpc) is 2.01. The van der Waals surface area contributed by atoms with Crippen LogP contribution in [0.3, 0.4) is 0 Å². The maximum atomic E-state index is 11.4. The van der Waals surface area contributed by atoms with Crippen LogP contribution >= 0.6 is 8.69 Å². The Kier molecular flexibility index (Phi) is 5.83. The van der Waals surface area contributed by atoms with Gasteiger partial charge in [-0.1, -0.05) is 17.7 Å². The van der Waals surface area contributed by atoms with E-state index in [0.717, 1.165) is 16.7 Å². The molecule has 0 N–H and O–H groups in total. The van der Waals surface area contributed by atoms with Gasteiger partial charge in [-0.25, -0.2) is 9.36 Å². The zero-order chi connectivity index (χ0) is 10.7. The third kappa shape index (κ3) is 3.46. The standard InChI is InChI=1S/C10H11O3P.Li.H/c1-6-4-7(2)9(8(3)5-6)10(11)13-14-12;;/h4-5H,1-3H3;;/q;+1;-1. The topological polar surface area (TPSA) is 43.4 Å². The molecule has 0 spiro atoms. The van der Waals surface area contributed by atoms with E-state index in [1.54, 1.807) is 0 Å². The van der Waals surface area contributed by atoms with Crippen molar-refractivity contribution in [3.8, 4) is 0 Å². The summed E-state index contributed by atoms with van der Waals surface area (Å²) in [5.41, 5.74) is 3.28. The summed E-state index contributed by atoms with van der Waals surface area (Å²) in [6, 6.07) is 3.79. The zero-order valence-corrected chi connectivity index (χ0v) is 10.2. The van der Waals surface area contributed by atoms with Gasteiger partial charge in [-0.05, 0) is 31.9 Å². The SMILES string of the molecule is Cc1cc(C)c(C(=O)OP=O)c(C)c1.[H-].[Li+]. The second-order valence-electron chi connectivity index (χ2n) is 3.23. The van der Waals surface area contributed by atoms with Gasteiger partial charge in [0.1, 0.15) is 0 Å². The fraction of sp³-hybridized carbons (Fsp3) is 0.300. The smallest absolute Gasteiger partial charge is 1.00 e. The van der Waals surface area contributed by atoms with Gasteiger partial charge >= 0.3 is 33.5 Å². The molecule has 5 heteroatoms. The number of hydrogen-bond acceptors (Lipinski definition) is 3. The van der Waals surface area contributed by atoms with Crippen LogP contribution in [0.25, 0.3) is 0 Å². The van der Waals surface area contributed by atoms with Crippen molar-refractivity contribution in [2.45, 2.75) is 20.8 Å². The van der Waals surface area contributed by atoms with Crippen LogP contribution < -0.4 is 18.9 Å². The Morgan fingerprint density at radius 1 is 1.27 bits per heavy atom. The quantitative estimate of drug-likeness (QED) is 0.522. The molecule has 0 radical (unpaired) electrons. The molecule has 76 valence electrons. The van der Waals surface area contributed by atoms with Gasteiger partial charge < -0.3 is 5.95 Å². The van der Waals surface area contributed by atoms with E-state index in [2.05, 4.69) is 4.52 Å². The van der Waals surface area contributed by atoms with Gasteiger partial charge in [-0.3, -0.25) is 0 Å². The Bertz CT molecular complexity index is 373. The average molecular weight is 218 g/mol. The first kappa shape index (κ1) is 14.4. The minimum Gasteiger partial charge on any atom is -1.00 e. The number of benzene rings is 1. The molecule has 1 aromatic rings. The first-order chi connectivity index (χ1) is 6.56. The molecule has 0 aliphatic rings. The zero-order valence-electron chi connectivity index (χ0n) is 10.3. The predicted octanol–water partition coefficient (Wildman–Crippen LogP) is 0.0919. The van der Waals surface area contributed by atoms with Gasteiger partial charge in [-0.15, -0.1) is 0 Å². The summed E-state index contributed by atoms with van der Waals surface area (Å²) in [5, 5.41) is 0. The van der Waals surface area contributed by atoms with E-state index in [9.17, 15) is 9.36 Å². The van der Waals surface area contributed by atoms with E-state index in [-0.39, 0.29) is 20.3 Å². The molecular weight excluding hydrogens is 206 g/mol. The van der Waals surface area contributed by atoms with Crippen molar-refractivity contribution in [2.75, 3.05) is 0 Å². The van der Waals surface area contributed by atoms with Gasteiger partial charge in [0.05, 0.1) is 5.56 Å². The van der Waals surface area contributed by atoms with Gasteiger partial charge in [0, 0.05) is 0 Å². The Hall–Kier alpha value is -0.613. The van der Waals surface area contributed by atoms with Crippen molar-refractivity contribution in [3.63, 3.8) is 0 Å². The molecule has 0 unspecified atom stereocenters. The second kappa shape index (κ2) is 6.08. The molecule has 0 heterocycles. The monoisotopic (exact) mass is 218 g/mol. The molecule has 1 aromatic carbocycles. The summed E-state index contributed by atoms with van der Waals surface area (Å²) < 4.78 is 14.5. The van der Waals surface area contributed by atoms with Crippen molar-refractivity contribution in [1.82, 2.24) is 0 Å². The minimum absolute atomic E-state index is 0. The van der Waals surface area contributed by atoms with Gasteiger partial charge in [0.2, 0.25) is 0 Å².